The molecule has 0 saturated carbocycles. The van der Waals surface area contributed by atoms with Gasteiger partial charge in [0.2, 0.25) is 11.0 Å². The molecule has 6 nitrogen and oxygen atoms in total. The van der Waals surface area contributed by atoms with Gasteiger partial charge < -0.3 is 15.4 Å². The first kappa shape index (κ1) is 19.1. The molecule has 0 radical (unpaired) electrons. The van der Waals surface area contributed by atoms with Gasteiger partial charge >= 0.3 is 0 Å². The van der Waals surface area contributed by atoms with Crippen LogP contribution in [0.5, 0.6) is 5.75 Å². The average molecular weight is 404 g/mol. The molecule has 1 aromatic heterocycles. The summed E-state index contributed by atoms with van der Waals surface area (Å²) in [5.41, 5.74) is 0.958. The normalized spacial score (nSPS) is 10.4. The minimum absolute atomic E-state index is 0.175. The average Bonchev–Trinajstić information content (AvgIpc) is 3.11. The number of hydrogen-bond donors (Lipinski definition) is 2. The SMILES string of the molecule is CCOc1ccccc1NC(=O)CSc1nnc(Nc2ccccc2F)s1. The number of rotatable bonds is 8. The van der Waals surface area contributed by atoms with Crippen molar-refractivity contribution in [3.8, 4) is 5.75 Å². The predicted octanol–water partition coefficient (Wildman–Crippen LogP) is 4.55. The van der Waals surface area contributed by atoms with E-state index in [4.69, 9.17) is 4.74 Å². The number of thioether (sulfide) groups is 1. The lowest BCUT2D eigenvalue weighted by Crippen LogP contribution is -2.14. The zero-order valence-electron chi connectivity index (χ0n) is 14.4. The van der Waals surface area contributed by atoms with Crippen LogP contribution in [0, 0.1) is 5.82 Å². The van der Waals surface area contributed by atoms with E-state index in [2.05, 4.69) is 20.8 Å². The fourth-order valence-electron chi connectivity index (χ4n) is 2.16. The van der Waals surface area contributed by atoms with Crippen molar-refractivity contribution in [3.63, 3.8) is 0 Å². The Hall–Kier alpha value is -2.65. The number of hydrogen-bond acceptors (Lipinski definition) is 7. The molecule has 0 atom stereocenters. The minimum Gasteiger partial charge on any atom is -0.492 e. The number of carbonyl (C=O) groups is 1. The van der Waals surface area contributed by atoms with E-state index in [1.165, 1.54) is 29.2 Å². The highest BCUT2D eigenvalue weighted by molar-refractivity contribution is 8.01. The number of benzene rings is 2. The van der Waals surface area contributed by atoms with Gasteiger partial charge in [0.15, 0.2) is 4.34 Å². The second-order valence-electron chi connectivity index (χ2n) is 5.24. The molecule has 2 aromatic carbocycles. The maximum Gasteiger partial charge on any atom is 0.234 e. The zero-order valence-corrected chi connectivity index (χ0v) is 16.1. The highest BCUT2D eigenvalue weighted by Crippen LogP contribution is 2.29. The third kappa shape index (κ3) is 5.41. The fraction of sp³-hybridized carbons (Fsp3) is 0.167. The van der Waals surface area contributed by atoms with Gasteiger partial charge in [-0.15, -0.1) is 10.2 Å². The van der Waals surface area contributed by atoms with Crippen LogP contribution in [0.3, 0.4) is 0 Å². The summed E-state index contributed by atoms with van der Waals surface area (Å²) in [4.78, 5) is 12.2. The summed E-state index contributed by atoms with van der Waals surface area (Å²) >= 11 is 2.52. The molecule has 140 valence electrons. The number of amides is 1. The maximum absolute atomic E-state index is 13.7. The van der Waals surface area contributed by atoms with Gasteiger partial charge in [-0.2, -0.15) is 0 Å². The lowest BCUT2D eigenvalue weighted by atomic mass is 10.3. The largest absolute Gasteiger partial charge is 0.492 e. The summed E-state index contributed by atoms with van der Waals surface area (Å²) in [6.07, 6.45) is 0. The molecule has 0 aliphatic heterocycles. The molecular weight excluding hydrogens is 387 g/mol. The Labute approximate surface area is 164 Å². The van der Waals surface area contributed by atoms with Crippen molar-refractivity contribution in [2.45, 2.75) is 11.3 Å². The van der Waals surface area contributed by atoms with Crippen molar-refractivity contribution in [2.75, 3.05) is 23.0 Å². The monoisotopic (exact) mass is 404 g/mol. The number of anilines is 3. The number of carbonyl (C=O) groups excluding carboxylic acids is 1. The molecule has 9 heteroatoms. The third-order valence-electron chi connectivity index (χ3n) is 3.31. The molecule has 27 heavy (non-hydrogen) atoms. The Kier molecular flexibility index (Phi) is 6.61. The Bertz CT molecular complexity index is 920. The van der Waals surface area contributed by atoms with Crippen molar-refractivity contribution in [2.24, 2.45) is 0 Å². The summed E-state index contributed by atoms with van der Waals surface area (Å²) in [6.45, 7) is 2.40. The van der Waals surface area contributed by atoms with Gasteiger partial charge in [0.25, 0.3) is 0 Å². The van der Waals surface area contributed by atoms with Crippen molar-refractivity contribution < 1.29 is 13.9 Å². The van der Waals surface area contributed by atoms with Crippen LogP contribution >= 0.6 is 23.1 Å². The lowest BCUT2D eigenvalue weighted by Gasteiger charge is -2.10. The van der Waals surface area contributed by atoms with Crippen LogP contribution < -0.4 is 15.4 Å². The Morgan fingerprint density at radius 2 is 1.89 bits per heavy atom. The molecule has 0 aliphatic rings. The lowest BCUT2D eigenvalue weighted by molar-refractivity contribution is -0.113. The predicted molar refractivity (Wildman–Crippen MR) is 107 cm³/mol. The molecule has 0 saturated heterocycles. The third-order valence-corrected chi connectivity index (χ3v) is 5.28. The van der Waals surface area contributed by atoms with Crippen molar-refractivity contribution in [1.29, 1.82) is 0 Å². The van der Waals surface area contributed by atoms with Crippen molar-refractivity contribution >= 4 is 45.5 Å². The van der Waals surface area contributed by atoms with Crippen molar-refractivity contribution in [1.82, 2.24) is 10.2 Å². The summed E-state index contributed by atoms with van der Waals surface area (Å²) in [5.74, 6) is 0.264. The van der Waals surface area contributed by atoms with Gasteiger partial charge in [-0.1, -0.05) is 47.4 Å². The smallest absolute Gasteiger partial charge is 0.234 e. The van der Waals surface area contributed by atoms with Crippen LogP contribution in [-0.2, 0) is 4.79 Å². The molecule has 3 rings (SSSR count). The zero-order chi connectivity index (χ0) is 19.1. The number of nitrogens with one attached hydrogen (secondary N) is 2. The van der Waals surface area contributed by atoms with E-state index in [-0.39, 0.29) is 17.5 Å². The van der Waals surface area contributed by atoms with Gasteiger partial charge in [0.05, 0.1) is 23.7 Å². The second-order valence-corrected chi connectivity index (χ2v) is 7.44. The Morgan fingerprint density at radius 3 is 2.67 bits per heavy atom. The van der Waals surface area contributed by atoms with E-state index in [0.29, 0.717) is 33.2 Å². The van der Waals surface area contributed by atoms with Gasteiger partial charge in [-0.3, -0.25) is 4.79 Å². The molecule has 0 spiro atoms. The number of halogens is 1. The number of nitrogens with zero attached hydrogens (tertiary/aromatic N) is 2. The van der Waals surface area contributed by atoms with Crippen LogP contribution in [0.25, 0.3) is 0 Å². The van der Waals surface area contributed by atoms with E-state index in [1.54, 1.807) is 30.3 Å². The second kappa shape index (κ2) is 9.33. The first-order valence-corrected chi connectivity index (χ1v) is 9.95. The highest BCUT2D eigenvalue weighted by atomic mass is 32.2. The van der Waals surface area contributed by atoms with Gasteiger partial charge in [-0.25, -0.2) is 4.39 Å². The topological polar surface area (TPSA) is 76.1 Å². The first-order valence-electron chi connectivity index (χ1n) is 8.15. The van der Waals surface area contributed by atoms with E-state index < -0.39 is 0 Å². The van der Waals surface area contributed by atoms with Crippen LogP contribution in [0.15, 0.2) is 52.9 Å². The molecule has 2 N–H and O–H groups in total. The van der Waals surface area contributed by atoms with Gasteiger partial charge in [-0.05, 0) is 31.2 Å². The summed E-state index contributed by atoms with van der Waals surface area (Å²) in [5, 5.41) is 14.2. The van der Waals surface area contributed by atoms with Crippen molar-refractivity contribution in [3.05, 3.63) is 54.3 Å². The number of aromatic nitrogens is 2. The Balaban J connectivity index is 1.54. The minimum atomic E-state index is -0.366. The number of ether oxygens (including phenoxy) is 1. The highest BCUT2D eigenvalue weighted by Gasteiger charge is 2.11. The molecule has 0 aliphatic carbocycles. The molecular formula is C18H17FN4O2S2. The Morgan fingerprint density at radius 1 is 1.15 bits per heavy atom. The molecule has 1 heterocycles. The molecule has 1 amide bonds. The number of para-hydroxylation sites is 3. The van der Waals surface area contributed by atoms with Crippen LogP contribution in [0.4, 0.5) is 20.9 Å². The quantitative estimate of drug-likeness (QED) is 0.537. The molecule has 0 unspecified atom stereocenters. The van der Waals surface area contributed by atoms with Crippen LogP contribution in [0.1, 0.15) is 6.92 Å². The molecule has 0 fully saturated rings. The van der Waals surface area contributed by atoms with Gasteiger partial charge in [0, 0.05) is 0 Å². The van der Waals surface area contributed by atoms with Gasteiger partial charge in [0.1, 0.15) is 11.6 Å². The summed E-state index contributed by atoms with van der Waals surface area (Å²) in [7, 11) is 0. The van der Waals surface area contributed by atoms with Crippen LogP contribution in [0.2, 0.25) is 0 Å². The van der Waals surface area contributed by atoms with E-state index in [9.17, 15) is 9.18 Å². The molecule has 0 bridgehead atoms. The van der Waals surface area contributed by atoms with E-state index >= 15 is 0 Å². The van der Waals surface area contributed by atoms with E-state index in [1.807, 2.05) is 19.1 Å². The first-order chi connectivity index (χ1) is 13.2. The molecule has 3 aromatic rings. The van der Waals surface area contributed by atoms with Crippen LogP contribution in [-0.4, -0.2) is 28.5 Å². The maximum atomic E-state index is 13.7. The fourth-order valence-corrected chi connectivity index (χ4v) is 3.73. The van der Waals surface area contributed by atoms with E-state index in [0.717, 1.165) is 0 Å². The summed E-state index contributed by atoms with van der Waals surface area (Å²) < 4.78 is 19.8. The summed E-state index contributed by atoms with van der Waals surface area (Å²) in [6, 6.07) is 13.6. The standard InChI is InChI=1S/C18H17FN4O2S2/c1-2-25-15-10-6-5-9-14(15)20-16(24)11-26-18-23-22-17(27-18)21-13-8-4-3-7-12(13)19/h3-10H,2,11H2,1H3,(H,20,24)(H,21,22).